The van der Waals surface area contributed by atoms with Crippen molar-refractivity contribution in [3.05, 3.63) is 12.7 Å². The van der Waals surface area contributed by atoms with E-state index >= 15 is 0 Å². The molecule has 3 N–H and O–H groups in total. The molecule has 0 aromatic rings. The number of aliphatic carboxylic acids is 2. The van der Waals surface area contributed by atoms with Gasteiger partial charge in [0, 0.05) is 19.0 Å². The highest BCUT2D eigenvalue weighted by atomic mass is 16.4. The van der Waals surface area contributed by atoms with E-state index in [4.69, 9.17) is 10.2 Å². The number of urea groups is 1. The Balaban J connectivity index is 2.55. The summed E-state index contributed by atoms with van der Waals surface area (Å²) in [5.41, 5.74) is 0. The van der Waals surface area contributed by atoms with E-state index in [1.807, 2.05) is 0 Å². The molecule has 19 heavy (non-hydrogen) atoms. The predicted molar refractivity (Wildman–Crippen MR) is 66.8 cm³/mol. The Hall–Kier alpha value is -2.05. The summed E-state index contributed by atoms with van der Waals surface area (Å²) in [5.74, 6) is -2.32. The Labute approximate surface area is 110 Å². The van der Waals surface area contributed by atoms with E-state index in [-0.39, 0.29) is 18.9 Å². The van der Waals surface area contributed by atoms with Crippen LogP contribution in [-0.4, -0.2) is 51.7 Å². The van der Waals surface area contributed by atoms with E-state index in [1.54, 1.807) is 6.08 Å². The molecule has 0 bridgehead atoms. The Bertz CT molecular complexity index is 378. The Morgan fingerprint density at radius 1 is 1.37 bits per heavy atom. The van der Waals surface area contributed by atoms with Gasteiger partial charge >= 0.3 is 18.0 Å². The number of hydrogen-bond acceptors (Lipinski definition) is 3. The fourth-order valence-corrected chi connectivity index (χ4v) is 1.68. The number of carboxylic acid groups (broad SMARTS) is 2. The van der Waals surface area contributed by atoms with Gasteiger partial charge in [0.2, 0.25) is 0 Å². The lowest BCUT2D eigenvalue weighted by Crippen LogP contribution is -2.49. The molecule has 0 aromatic heterocycles. The lowest BCUT2D eigenvalue weighted by Gasteiger charge is -2.23. The number of nitrogens with one attached hydrogen (secondary N) is 1. The molecule has 0 heterocycles. The number of rotatable bonds is 8. The third kappa shape index (κ3) is 4.99. The smallest absolute Gasteiger partial charge is 0.326 e. The van der Waals surface area contributed by atoms with Crippen LogP contribution >= 0.6 is 0 Å². The van der Waals surface area contributed by atoms with Crippen LogP contribution in [0.25, 0.3) is 0 Å². The van der Waals surface area contributed by atoms with Gasteiger partial charge in [0.25, 0.3) is 0 Å². The molecule has 1 rings (SSSR count). The molecular formula is C12H18N2O5. The van der Waals surface area contributed by atoms with Crippen LogP contribution in [0.2, 0.25) is 0 Å². The van der Waals surface area contributed by atoms with Gasteiger partial charge in [-0.05, 0) is 19.3 Å². The highest BCUT2D eigenvalue weighted by molar-refractivity contribution is 5.83. The second-order valence-electron chi connectivity index (χ2n) is 4.44. The van der Waals surface area contributed by atoms with Crippen molar-refractivity contribution in [2.45, 2.75) is 37.8 Å². The van der Waals surface area contributed by atoms with E-state index in [9.17, 15) is 14.4 Å². The van der Waals surface area contributed by atoms with Crippen molar-refractivity contribution in [2.24, 2.45) is 0 Å². The fourth-order valence-electron chi connectivity index (χ4n) is 1.68. The molecule has 1 saturated carbocycles. The van der Waals surface area contributed by atoms with E-state index < -0.39 is 24.0 Å². The zero-order valence-corrected chi connectivity index (χ0v) is 10.5. The van der Waals surface area contributed by atoms with Crippen LogP contribution < -0.4 is 5.32 Å². The summed E-state index contributed by atoms with van der Waals surface area (Å²) in [5, 5.41) is 19.8. The van der Waals surface area contributed by atoms with Crippen LogP contribution in [0, 0.1) is 0 Å². The van der Waals surface area contributed by atoms with Gasteiger partial charge in [0.15, 0.2) is 0 Å². The Morgan fingerprint density at radius 3 is 2.42 bits per heavy atom. The molecule has 2 amide bonds. The molecule has 0 aliphatic heterocycles. The monoisotopic (exact) mass is 270 g/mol. The lowest BCUT2D eigenvalue weighted by atomic mass is 10.1. The van der Waals surface area contributed by atoms with Crippen LogP contribution in [0.1, 0.15) is 25.7 Å². The Kier molecular flexibility index (Phi) is 5.35. The standard InChI is InChI=1S/C12H18N2O5/c1-2-7-14(8-3-4-8)12(19)13-9(11(17)18)5-6-10(15)16/h2,8-9H,1,3-7H2,(H,13,19)(H,15,16)(H,17,18). The summed E-state index contributed by atoms with van der Waals surface area (Å²) in [6.45, 7) is 3.90. The first kappa shape index (κ1) is 15.0. The zero-order valence-electron chi connectivity index (χ0n) is 10.5. The van der Waals surface area contributed by atoms with Gasteiger partial charge in [-0.25, -0.2) is 9.59 Å². The number of hydrogen-bond donors (Lipinski definition) is 3. The van der Waals surface area contributed by atoms with E-state index in [0.29, 0.717) is 6.54 Å². The minimum atomic E-state index is -1.23. The highest BCUT2D eigenvalue weighted by Crippen LogP contribution is 2.26. The molecule has 1 atom stereocenters. The maximum Gasteiger partial charge on any atom is 0.326 e. The first-order valence-electron chi connectivity index (χ1n) is 6.08. The Morgan fingerprint density at radius 2 is 2.00 bits per heavy atom. The van der Waals surface area contributed by atoms with Crippen molar-refractivity contribution in [2.75, 3.05) is 6.54 Å². The average molecular weight is 270 g/mol. The number of carbonyl (C=O) groups excluding carboxylic acids is 1. The summed E-state index contributed by atoms with van der Waals surface area (Å²) >= 11 is 0. The van der Waals surface area contributed by atoms with Crippen molar-refractivity contribution in [1.29, 1.82) is 0 Å². The van der Waals surface area contributed by atoms with Crippen LogP contribution in [0.4, 0.5) is 4.79 Å². The molecule has 1 aliphatic carbocycles. The molecule has 0 spiro atoms. The SMILES string of the molecule is C=CCN(C(=O)NC(CCC(=O)O)C(=O)O)C1CC1. The summed E-state index contributed by atoms with van der Waals surface area (Å²) in [6.07, 6.45) is 2.93. The topological polar surface area (TPSA) is 107 Å². The summed E-state index contributed by atoms with van der Waals surface area (Å²) in [4.78, 5) is 34.9. The first-order chi connectivity index (χ1) is 8.95. The third-order valence-electron chi connectivity index (χ3n) is 2.82. The number of amides is 2. The van der Waals surface area contributed by atoms with Gasteiger partial charge < -0.3 is 20.4 Å². The van der Waals surface area contributed by atoms with Crippen LogP contribution in [0.3, 0.4) is 0 Å². The molecule has 0 saturated heterocycles. The highest BCUT2D eigenvalue weighted by Gasteiger charge is 2.33. The molecule has 1 fully saturated rings. The van der Waals surface area contributed by atoms with Gasteiger partial charge in [-0.2, -0.15) is 0 Å². The minimum Gasteiger partial charge on any atom is -0.481 e. The number of carbonyl (C=O) groups is 3. The number of nitrogens with zero attached hydrogens (tertiary/aromatic N) is 1. The van der Waals surface area contributed by atoms with Gasteiger partial charge in [-0.15, -0.1) is 6.58 Å². The van der Waals surface area contributed by atoms with E-state index in [2.05, 4.69) is 11.9 Å². The molecule has 1 unspecified atom stereocenters. The minimum absolute atomic E-state index is 0.131. The second-order valence-corrected chi connectivity index (χ2v) is 4.44. The molecule has 0 aromatic carbocycles. The van der Waals surface area contributed by atoms with Gasteiger partial charge in [-0.3, -0.25) is 4.79 Å². The van der Waals surface area contributed by atoms with Gasteiger partial charge in [-0.1, -0.05) is 6.08 Å². The van der Waals surface area contributed by atoms with E-state index in [1.165, 1.54) is 4.90 Å². The van der Waals surface area contributed by atoms with Gasteiger partial charge in [0.1, 0.15) is 6.04 Å². The molecule has 7 nitrogen and oxygen atoms in total. The average Bonchev–Trinajstić information content (AvgIpc) is 3.14. The molecule has 0 radical (unpaired) electrons. The molecular weight excluding hydrogens is 252 g/mol. The number of carboxylic acids is 2. The van der Waals surface area contributed by atoms with Gasteiger partial charge in [0.05, 0.1) is 0 Å². The zero-order chi connectivity index (χ0) is 14.4. The second kappa shape index (κ2) is 6.77. The predicted octanol–water partition coefficient (Wildman–Crippen LogP) is 0.664. The van der Waals surface area contributed by atoms with Crippen LogP contribution in [0.5, 0.6) is 0 Å². The van der Waals surface area contributed by atoms with Crippen molar-refractivity contribution in [3.63, 3.8) is 0 Å². The van der Waals surface area contributed by atoms with Crippen LogP contribution in [-0.2, 0) is 9.59 Å². The third-order valence-corrected chi connectivity index (χ3v) is 2.82. The maximum atomic E-state index is 11.9. The lowest BCUT2D eigenvalue weighted by molar-refractivity contribution is -0.140. The largest absolute Gasteiger partial charge is 0.481 e. The first-order valence-corrected chi connectivity index (χ1v) is 6.08. The maximum absolute atomic E-state index is 11.9. The van der Waals surface area contributed by atoms with E-state index in [0.717, 1.165) is 12.8 Å². The summed E-state index contributed by atoms with van der Waals surface area (Å²) in [6, 6.07) is -1.54. The molecule has 106 valence electrons. The molecule has 1 aliphatic rings. The summed E-state index contributed by atoms with van der Waals surface area (Å²) in [7, 11) is 0. The summed E-state index contributed by atoms with van der Waals surface area (Å²) < 4.78 is 0. The quantitative estimate of drug-likeness (QED) is 0.562. The van der Waals surface area contributed by atoms with Crippen molar-refractivity contribution in [3.8, 4) is 0 Å². The van der Waals surface area contributed by atoms with Crippen molar-refractivity contribution >= 4 is 18.0 Å². The van der Waals surface area contributed by atoms with Crippen molar-refractivity contribution in [1.82, 2.24) is 10.2 Å². The van der Waals surface area contributed by atoms with Crippen LogP contribution in [0.15, 0.2) is 12.7 Å². The molecule has 7 heteroatoms. The fraction of sp³-hybridized carbons (Fsp3) is 0.583. The van der Waals surface area contributed by atoms with Crippen molar-refractivity contribution < 1.29 is 24.6 Å². The normalized spacial score (nSPS) is 15.4.